The lowest BCUT2D eigenvalue weighted by Crippen LogP contribution is -2.08. The van der Waals surface area contributed by atoms with Crippen molar-refractivity contribution >= 4 is 6.08 Å². The lowest BCUT2D eigenvalue weighted by Gasteiger charge is -2.12. The summed E-state index contributed by atoms with van der Waals surface area (Å²) < 4.78 is 10.5. The summed E-state index contributed by atoms with van der Waals surface area (Å²) in [5, 5.41) is 0. The summed E-state index contributed by atoms with van der Waals surface area (Å²) in [5.74, 6) is 2.07. The molecule has 0 atom stereocenters. The van der Waals surface area contributed by atoms with E-state index in [0.29, 0.717) is 12.5 Å². The smallest absolute Gasteiger partial charge is 0.126 e. The van der Waals surface area contributed by atoms with E-state index < -0.39 is 0 Å². The number of hydrogen-bond acceptors (Lipinski definition) is 3. The molecular weight excluding hydrogens is 214 g/mol. The van der Waals surface area contributed by atoms with Crippen molar-refractivity contribution in [2.45, 2.75) is 13.8 Å². The first kappa shape index (κ1) is 13.6. The van der Waals surface area contributed by atoms with Crippen LogP contribution in [0.1, 0.15) is 19.4 Å². The third-order valence-corrected chi connectivity index (χ3v) is 2.76. The molecule has 1 rings (SSSR count). The van der Waals surface area contributed by atoms with E-state index in [0.717, 1.165) is 17.1 Å². The average Bonchev–Trinajstić information content (AvgIpc) is 2.35. The van der Waals surface area contributed by atoms with Gasteiger partial charge in [0, 0.05) is 12.1 Å². The second kappa shape index (κ2) is 6.30. The normalized spacial score (nSPS) is 11.8. The van der Waals surface area contributed by atoms with Crippen molar-refractivity contribution in [3.05, 3.63) is 29.3 Å². The number of hydrogen-bond donors (Lipinski definition) is 1. The van der Waals surface area contributed by atoms with Gasteiger partial charge in [-0.05, 0) is 24.1 Å². The molecule has 0 spiro atoms. The predicted octanol–water partition coefficient (Wildman–Crippen LogP) is 2.70. The van der Waals surface area contributed by atoms with Gasteiger partial charge in [0.1, 0.15) is 11.5 Å². The van der Waals surface area contributed by atoms with Crippen molar-refractivity contribution in [1.82, 2.24) is 0 Å². The van der Waals surface area contributed by atoms with Crippen LogP contribution in [0.5, 0.6) is 11.5 Å². The molecule has 3 nitrogen and oxygen atoms in total. The van der Waals surface area contributed by atoms with Gasteiger partial charge in [0.05, 0.1) is 14.2 Å². The number of nitrogens with two attached hydrogens (primary N) is 1. The van der Waals surface area contributed by atoms with Crippen molar-refractivity contribution in [1.29, 1.82) is 0 Å². The molecule has 1 aromatic carbocycles. The van der Waals surface area contributed by atoms with Gasteiger partial charge in [-0.3, -0.25) is 0 Å². The second-order valence-corrected chi connectivity index (χ2v) is 4.19. The Morgan fingerprint density at radius 3 is 2.47 bits per heavy atom. The van der Waals surface area contributed by atoms with Crippen molar-refractivity contribution < 1.29 is 9.47 Å². The number of benzene rings is 1. The molecule has 0 saturated carbocycles. The number of ether oxygens (including phenoxy) is 2. The van der Waals surface area contributed by atoms with Crippen LogP contribution in [0.25, 0.3) is 6.08 Å². The Balaban J connectivity index is 3.18. The van der Waals surface area contributed by atoms with Gasteiger partial charge in [-0.2, -0.15) is 0 Å². The highest BCUT2D eigenvalue weighted by Crippen LogP contribution is 2.27. The number of methoxy groups -OCH3 is 2. The SMILES string of the molecule is COc1ccc(OC)c(C=C(CN)C(C)C)c1. The second-order valence-electron chi connectivity index (χ2n) is 4.19. The van der Waals surface area contributed by atoms with Gasteiger partial charge in [-0.25, -0.2) is 0 Å². The van der Waals surface area contributed by atoms with Crippen LogP contribution >= 0.6 is 0 Å². The third-order valence-electron chi connectivity index (χ3n) is 2.76. The molecular formula is C14H21NO2. The first-order chi connectivity index (χ1) is 8.12. The lowest BCUT2D eigenvalue weighted by molar-refractivity contribution is 0.402. The van der Waals surface area contributed by atoms with Crippen LogP contribution in [0.4, 0.5) is 0 Å². The first-order valence-corrected chi connectivity index (χ1v) is 5.75. The van der Waals surface area contributed by atoms with Crippen LogP contribution in [0.3, 0.4) is 0 Å². The molecule has 94 valence electrons. The molecule has 0 aromatic heterocycles. The molecule has 3 heteroatoms. The Bertz CT molecular complexity index is 397. The quantitative estimate of drug-likeness (QED) is 0.853. The molecule has 0 fully saturated rings. The van der Waals surface area contributed by atoms with Crippen molar-refractivity contribution in [2.75, 3.05) is 20.8 Å². The Labute approximate surface area is 103 Å². The Hall–Kier alpha value is -1.48. The Kier molecular flexibility index (Phi) is 5.04. The number of rotatable bonds is 5. The molecule has 0 saturated heterocycles. The maximum atomic E-state index is 5.74. The molecule has 0 radical (unpaired) electrons. The van der Waals surface area contributed by atoms with Crippen molar-refractivity contribution in [3.63, 3.8) is 0 Å². The molecule has 2 N–H and O–H groups in total. The van der Waals surface area contributed by atoms with E-state index in [9.17, 15) is 0 Å². The zero-order chi connectivity index (χ0) is 12.8. The van der Waals surface area contributed by atoms with Crippen LogP contribution in [0, 0.1) is 5.92 Å². The van der Waals surface area contributed by atoms with E-state index in [4.69, 9.17) is 15.2 Å². The highest BCUT2D eigenvalue weighted by atomic mass is 16.5. The fourth-order valence-corrected chi connectivity index (χ4v) is 1.61. The minimum Gasteiger partial charge on any atom is -0.497 e. The summed E-state index contributed by atoms with van der Waals surface area (Å²) >= 11 is 0. The van der Waals surface area contributed by atoms with Crippen LogP contribution in [-0.4, -0.2) is 20.8 Å². The summed E-state index contributed by atoms with van der Waals surface area (Å²) in [6.45, 7) is 4.81. The molecule has 17 heavy (non-hydrogen) atoms. The van der Waals surface area contributed by atoms with Gasteiger partial charge in [-0.15, -0.1) is 0 Å². The lowest BCUT2D eigenvalue weighted by atomic mass is 10.00. The summed E-state index contributed by atoms with van der Waals surface area (Å²) in [7, 11) is 3.32. The summed E-state index contributed by atoms with van der Waals surface area (Å²) in [5.41, 5.74) is 7.94. The summed E-state index contributed by atoms with van der Waals surface area (Å²) in [4.78, 5) is 0. The van der Waals surface area contributed by atoms with E-state index >= 15 is 0 Å². The molecule has 0 aliphatic rings. The van der Waals surface area contributed by atoms with Gasteiger partial charge >= 0.3 is 0 Å². The van der Waals surface area contributed by atoms with E-state index in [1.807, 2.05) is 18.2 Å². The zero-order valence-corrected chi connectivity index (χ0v) is 11.0. The highest BCUT2D eigenvalue weighted by molar-refractivity contribution is 5.62. The Morgan fingerprint density at radius 1 is 1.29 bits per heavy atom. The van der Waals surface area contributed by atoms with E-state index in [-0.39, 0.29) is 0 Å². The summed E-state index contributed by atoms with van der Waals surface area (Å²) in [6, 6.07) is 5.74. The average molecular weight is 235 g/mol. The molecule has 1 aromatic rings. The van der Waals surface area contributed by atoms with Crippen molar-refractivity contribution in [3.8, 4) is 11.5 Å². The van der Waals surface area contributed by atoms with Crippen LogP contribution in [0.15, 0.2) is 23.8 Å². The van der Waals surface area contributed by atoms with Crippen LogP contribution in [-0.2, 0) is 0 Å². The van der Waals surface area contributed by atoms with Gasteiger partial charge in [0.2, 0.25) is 0 Å². The fourth-order valence-electron chi connectivity index (χ4n) is 1.61. The zero-order valence-electron chi connectivity index (χ0n) is 11.0. The van der Waals surface area contributed by atoms with Crippen LogP contribution in [0.2, 0.25) is 0 Å². The third kappa shape index (κ3) is 3.49. The fraction of sp³-hybridized carbons (Fsp3) is 0.429. The maximum absolute atomic E-state index is 5.74. The van der Waals surface area contributed by atoms with Gasteiger partial charge in [-0.1, -0.05) is 25.5 Å². The minimum atomic E-state index is 0.427. The monoisotopic (exact) mass is 235 g/mol. The molecule has 0 bridgehead atoms. The first-order valence-electron chi connectivity index (χ1n) is 5.75. The largest absolute Gasteiger partial charge is 0.497 e. The molecule has 0 amide bonds. The predicted molar refractivity (Wildman–Crippen MR) is 71.4 cm³/mol. The highest BCUT2D eigenvalue weighted by Gasteiger charge is 2.06. The van der Waals surface area contributed by atoms with Gasteiger partial charge in [0.15, 0.2) is 0 Å². The van der Waals surface area contributed by atoms with Gasteiger partial charge in [0.25, 0.3) is 0 Å². The Morgan fingerprint density at radius 2 is 2.00 bits per heavy atom. The van der Waals surface area contributed by atoms with E-state index in [1.54, 1.807) is 14.2 Å². The minimum absolute atomic E-state index is 0.427. The maximum Gasteiger partial charge on any atom is 0.126 e. The molecule has 0 unspecified atom stereocenters. The topological polar surface area (TPSA) is 44.5 Å². The summed E-state index contributed by atoms with van der Waals surface area (Å²) in [6.07, 6.45) is 2.08. The molecule has 0 aliphatic heterocycles. The van der Waals surface area contributed by atoms with Gasteiger partial charge < -0.3 is 15.2 Å². The van der Waals surface area contributed by atoms with Crippen molar-refractivity contribution in [2.24, 2.45) is 11.7 Å². The van der Waals surface area contributed by atoms with E-state index in [1.165, 1.54) is 5.57 Å². The standard InChI is InChI=1S/C14H21NO2/c1-10(2)12(9-15)7-11-8-13(16-3)5-6-14(11)17-4/h5-8,10H,9,15H2,1-4H3. The van der Waals surface area contributed by atoms with Crippen LogP contribution < -0.4 is 15.2 Å². The molecule has 0 heterocycles. The molecule has 0 aliphatic carbocycles. The van der Waals surface area contributed by atoms with E-state index in [2.05, 4.69) is 19.9 Å².